The largest absolute Gasteiger partial charge is 3.00 e. The molecule has 0 fully saturated rings. The van der Waals surface area contributed by atoms with E-state index in [-0.39, 0.29) is 101 Å². The van der Waals surface area contributed by atoms with Gasteiger partial charge in [0.2, 0.25) is 0 Å². The summed E-state index contributed by atoms with van der Waals surface area (Å²) in [4.78, 5) is 0. The Morgan fingerprint density at radius 3 is 1.21 bits per heavy atom. The first kappa shape index (κ1) is 79.4. The molecule has 91 valence electrons. The molecular formula is C10H20Cl3Zr-6. The second kappa shape index (κ2) is 64.2. The van der Waals surface area contributed by atoms with Crippen LogP contribution < -0.4 is 37.2 Å². The topological polar surface area (TPSA) is 0 Å². The monoisotopic (exact) mass is 335 g/mol. The summed E-state index contributed by atoms with van der Waals surface area (Å²) in [5.74, 6) is 0. The van der Waals surface area contributed by atoms with E-state index in [4.69, 9.17) is 0 Å². The van der Waals surface area contributed by atoms with Crippen molar-refractivity contribution in [1.82, 2.24) is 0 Å². The van der Waals surface area contributed by atoms with Crippen LogP contribution in [0.15, 0.2) is 18.2 Å². The van der Waals surface area contributed by atoms with E-state index in [1.807, 2.05) is 12.2 Å². The normalized spacial score (nSPS) is 6.29. The van der Waals surface area contributed by atoms with Crippen molar-refractivity contribution in [3.05, 3.63) is 61.4 Å². The second-order valence-corrected chi connectivity index (χ2v) is 1.00. The van der Waals surface area contributed by atoms with Crippen molar-refractivity contribution in [3.8, 4) is 0 Å². The molecule has 0 heterocycles. The average Bonchev–Trinajstić information content (AvgIpc) is 1.76. The Balaban J connectivity index is -0.00000000397. The molecule has 0 nitrogen and oxygen atoms in total. The molecule has 0 aromatic rings. The number of allylic oxidation sites excluding steroid dienone is 4. The van der Waals surface area contributed by atoms with Gasteiger partial charge in [0.1, 0.15) is 0 Å². The Morgan fingerprint density at radius 1 is 0.786 bits per heavy atom. The molecule has 1 radical (unpaired) electrons. The molecule has 0 unspecified atom stereocenters. The SMILES string of the molecule is [C-]1=CC=CC1.[CH3-].[CH3-].[CH3-].[CH3-].[CH3-].[Cl-].[Cl-].[Cl-].[Zr+3]. The number of halogens is 3. The molecule has 0 atom stereocenters. The second-order valence-electron chi connectivity index (χ2n) is 1.00. The van der Waals surface area contributed by atoms with Crippen molar-refractivity contribution in [2.75, 3.05) is 0 Å². The van der Waals surface area contributed by atoms with Crippen molar-refractivity contribution in [3.63, 3.8) is 0 Å². The van der Waals surface area contributed by atoms with E-state index in [1.54, 1.807) is 0 Å². The Morgan fingerprint density at radius 2 is 1.14 bits per heavy atom. The molecule has 0 aromatic carbocycles. The zero-order chi connectivity index (χ0) is 3.54. The van der Waals surface area contributed by atoms with Gasteiger partial charge in [-0.05, 0) is 0 Å². The standard InChI is InChI=1S/C5H5.5CH3.3ClH.Zr/c1-2-4-5-3-1;;;;;;;;;/h1-3H,4H2;5*1H3;3*1H;/q6*-1;;;;+3/p-3. The van der Waals surface area contributed by atoms with Crippen LogP contribution >= 0.6 is 0 Å². The summed E-state index contributed by atoms with van der Waals surface area (Å²) < 4.78 is 0. The molecule has 0 saturated heterocycles. The van der Waals surface area contributed by atoms with Crippen molar-refractivity contribution in [1.29, 1.82) is 0 Å². The molecule has 0 spiro atoms. The van der Waals surface area contributed by atoms with Crippen LogP contribution in [0.1, 0.15) is 6.42 Å². The minimum atomic E-state index is 0. The molecule has 0 saturated carbocycles. The van der Waals surface area contributed by atoms with E-state index in [0.29, 0.717) is 0 Å². The number of hydrogen-bond donors (Lipinski definition) is 0. The number of hydrogen-bond acceptors (Lipinski definition) is 0. The zero-order valence-corrected chi connectivity index (χ0v) is 14.3. The minimum absolute atomic E-state index is 0. The summed E-state index contributed by atoms with van der Waals surface area (Å²) in [7, 11) is 0. The predicted octanol–water partition coefficient (Wildman–Crippen LogP) is -5.43. The maximum atomic E-state index is 2.99. The molecule has 4 heteroatoms. The van der Waals surface area contributed by atoms with Crippen LogP contribution in [0.3, 0.4) is 0 Å². The Bertz CT molecular complexity index is 73.4. The van der Waals surface area contributed by atoms with Gasteiger partial charge in [0.25, 0.3) is 0 Å². The fraction of sp³-hybridized carbons (Fsp3) is 0.100. The van der Waals surface area contributed by atoms with Gasteiger partial charge in [-0.15, -0.1) is 6.42 Å². The van der Waals surface area contributed by atoms with Crippen LogP contribution in [0.4, 0.5) is 0 Å². The van der Waals surface area contributed by atoms with Crippen molar-refractivity contribution >= 4 is 0 Å². The van der Waals surface area contributed by atoms with Gasteiger partial charge < -0.3 is 74.4 Å². The van der Waals surface area contributed by atoms with Gasteiger partial charge in [0, 0.05) is 0 Å². The van der Waals surface area contributed by atoms with Gasteiger partial charge >= 0.3 is 26.2 Å². The van der Waals surface area contributed by atoms with Gasteiger partial charge in [-0.25, -0.2) is 12.2 Å². The average molecular weight is 338 g/mol. The molecule has 0 aliphatic heterocycles. The molecule has 0 N–H and O–H groups in total. The Kier molecular flexibility index (Phi) is 364. The number of rotatable bonds is 0. The summed E-state index contributed by atoms with van der Waals surface area (Å²) in [6, 6.07) is 0. The molecule has 0 amide bonds. The molecule has 1 aliphatic carbocycles. The smallest absolute Gasteiger partial charge is 1.00 e. The van der Waals surface area contributed by atoms with Crippen LogP contribution in [0, 0.1) is 43.2 Å². The van der Waals surface area contributed by atoms with E-state index in [2.05, 4.69) is 12.2 Å². The van der Waals surface area contributed by atoms with Crippen molar-refractivity contribution in [2.24, 2.45) is 0 Å². The zero-order valence-electron chi connectivity index (χ0n) is 9.57. The predicted molar refractivity (Wildman–Crippen MR) is 53.6 cm³/mol. The van der Waals surface area contributed by atoms with E-state index in [1.165, 1.54) is 0 Å². The van der Waals surface area contributed by atoms with Gasteiger partial charge in [-0.3, -0.25) is 6.08 Å². The van der Waals surface area contributed by atoms with Gasteiger partial charge in [-0.1, -0.05) is 0 Å². The van der Waals surface area contributed by atoms with Gasteiger partial charge in [0.15, 0.2) is 0 Å². The van der Waals surface area contributed by atoms with E-state index >= 15 is 0 Å². The van der Waals surface area contributed by atoms with Crippen LogP contribution in [-0.4, -0.2) is 0 Å². The molecule has 0 aromatic heterocycles. The molecule has 1 rings (SSSR count). The minimum Gasteiger partial charge on any atom is -1.00 e. The van der Waals surface area contributed by atoms with Crippen LogP contribution in [0.5, 0.6) is 0 Å². The first-order valence-electron chi connectivity index (χ1n) is 1.72. The third kappa shape index (κ3) is 51.0. The third-order valence-corrected chi connectivity index (χ3v) is 0.586. The fourth-order valence-corrected chi connectivity index (χ4v) is 0.340. The molecule has 0 bridgehead atoms. The Labute approximate surface area is 130 Å². The van der Waals surface area contributed by atoms with Crippen molar-refractivity contribution < 1.29 is 63.4 Å². The quantitative estimate of drug-likeness (QED) is 0.387. The first-order valence-corrected chi connectivity index (χ1v) is 1.72. The van der Waals surface area contributed by atoms with E-state index in [9.17, 15) is 0 Å². The van der Waals surface area contributed by atoms with Crippen molar-refractivity contribution in [2.45, 2.75) is 6.42 Å². The van der Waals surface area contributed by atoms with E-state index < -0.39 is 0 Å². The first-order chi connectivity index (χ1) is 2.50. The van der Waals surface area contributed by atoms with Gasteiger partial charge in [-0.2, -0.15) is 6.08 Å². The summed E-state index contributed by atoms with van der Waals surface area (Å²) in [5.41, 5.74) is 0. The fourth-order valence-electron chi connectivity index (χ4n) is 0.340. The van der Waals surface area contributed by atoms with Gasteiger partial charge in [0.05, 0.1) is 0 Å². The summed E-state index contributed by atoms with van der Waals surface area (Å²) in [6.07, 6.45) is 10.0. The Hall–Kier alpha value is 1.23. The van der Waals surface area contributed by atoms with Crippen LogP contribution in [0.2, 0.25) is 0 Å². The summed E-state index contributed by atoms with van der Waals surface area (Å²) in [6.45, 7) is 0. The third-order valence-electron chi connectivity index (χ3n) is 0.586. The summed E-state index contributed by atoms with van der Waals surface area (Å²) in [5, 5.41) is 0. The maximum absolute atomic E-state index is 2.99. The van der Waals surface area contributed by atoms with Crippen LogP contribution in [0.25, 0.3) is 0 Å². The molecular weight excluding hydrogens is 318 g/mol. The maximum Gasteiger partial charge on any atom is 3.00 e. The molecule has 14 heavy (non-hydrogen) atoms. The molecule has 1 aliphatic rings. The van der Waals surface area contributed by atoms with Crippen LogP contribution in [-0.2, 0) is 26.2 Å². The summed E-state index contributed by atoms with van der Waals surface area (Å²) >= 11 is 0. The van der Waals surface area contributed by atoms with E-state index in [0.717, 1.165) is 6.42 Å².